The fourth-order valence-electron chi connectivity index (χ4n) is 1.67. The van der Waals surface area contributed by atoms with Crippen LogP contribution in [0.4, 0.5) is 0 Å². The molecule has 4 heteroatoms. The van der Waals surface area contributed by atoms with Gasteiger partial charge in [-0.1, -0.05) is 37.6 Å². The van der Waals surface area contributed by atoms with Gasteiger partial charge in [-0.2, -0.15) is 5.10 Å². The van der Waals surface area contributed by atoms with E-state index < -0.39 is 0 Å². The van der Waals surface area contributed by atoms with Crippen molar-refractivity contribution in [2.75, 3.05) is 6.54 Å². The van der Waals surface area contributed by atoms with E-state index in [9.17, 15) is 0 Å². The maximum Gasteiger partial charge on any atom is 0.0850 e. The van der Waals surface area contributed by atoms with E-state index in [0.29, 0.717) is 6.04 Å². The van der Waals surface area contributed by atoms with Crippen LogP contribution in [0.5, 0.6) is 0 Å². The number of hydrogen-bond donors (Lipinski definition) is 1. The highest BCUT2D eigenvalue weighted by molar-refractivity contribution is 6.31. The maximum absolute atomic E-state index is 6.17. The van der Waals surface area contributed by atoms with Crippen LogP contribution in [-0.4, -0.2) is 22.4 Å². The highest BCUT2D eigenvalue weighted by atomic mass is 35.5. The normalized spacial score (nSPS) is 11.9. The van der Waals surface area contributed by atoms with Crippen LogP contribution in [0.2, 0.25) is 5.02 Å². The van der Waals surface area contributed by atoms with E-state index in [1.54, 1.807) is 0 Å². The van der Waals surface area contributed by atoms with Crippen LogP contribution in [-0.2, 0) is 13.5 Å². The lowest BCUT2D eigenvalue weighted by atomic mass is 10.2. The second kappa shape index (κ2) is 6.82. The topological polar surface area (TPSA) is 29.9 Å². The molecule has 3 nitrogen and oxygen atoms in total. The molecule has 1 rings (SSSR count). The third kappa shape index (κ3) is 4.52. The van der Waals surface area contributed by atoms with Crippen molar-refractivity contribution in [3.8, 4) is 0 Å². The Morgan fingerprint density at radius 2 is 2.12 bits per heavy atom. The Morgan fingerprint density at radius 1 is 1.41 bits per heavy atom. The molecule has 1 aromatic heterocycles. The molecule has 0 aliphatic heterocycles. The van der Waals surface area contributed by atoms with Gasteiger partial charge in [-0.25, -0.2) is 0 Å². The Kier molecular flexibility index (Phi) is 5.72. The van der Waals surface area contributed by atoms with Crippen molar-refractivity contribution in [3.63, 3.8) is 0 Å². The zero-order chi connectivity index (χ0) is 12.8. The molecular formula is C13H22ClN3. The van der Waals surface area contributed by atoms with Gasteiger partial charge in [0.25, 0.3) is 0 Å². The third-order valence-corrected chi connectivity index (χ3v) is 3.09. The summed E-state index contributed by atoms with van der Waals surface area (Å²) in [6.45, 7) is 7.26. The van der Waals surface area contributed by atoms with E-state index >= 15 is 0 Å². The molecule has 1 N–H and O–H groups in total. The lowest BCUT2D eigenvalue weighted by molar-refractivity contribution is 0.594. The number of nitrogens with zero attached hydrogens (tertiary/aromatic N) is 2. The van der Waals surface area contributed by atoms with E-state index in [1.165, 1.54) is 0 Å². The fourth-order valence-corrected chi connectivity index (χ4v) is 1.91. The first-order valence-corrected chi connectivity index (χ1v) is 6.46. The van der Waals surface area contributed by atoms with Crippen molar-refractivity contribution in [2.45, 2.75) is 39.7 Å². The molecule has 0 aliphatic carbocycles. The van der Waals surface area contributed by atoms with Gasteiger partial charge < -0.3 is 5.32 Å². The Bertz CT molecular complexity index is 380. The summed E-state index contributed by atoms with van der Waals surface area (Å²) in [7, 11) is 1.93. The number of halogens is 1. The standard InChI is InChI=1S/C13H22ClN3/c1-10(2)15-9-7-5-6-8-12-13(14)11(3)16-17(12)4/h5-6,10,15H,7-9H2,1-4H3. The highest BCUT2D eigenvalue weighted by Gasteiger charge is 2.08. The second-order valence-electron chi connectivity index (χ2n) is 4.54. The Balaban J connectivity index is 2.37. The van der Waals surface area contributed by atoms with Gasteiger partial charge in [0.05, 0.1) is 16.4 Å². The van der Waals surface area contributed by atoms with E-state index in [2.05, 4.69) is 36.4 Å². The minimum atomic E-state index is 0.553. The van der Waals surface area contributed by atoms with Crippen molar-refractivity contribution < 1.29 is 0 Å². The number of rotatable bonds is 6. The molecule has 1 aromatic rings. The first kappa shape index (κ1) is 14.3. The van der Waals surface area contributed by atoms with Crippen LogP contribution in [0, 0.1) is 6.92 Å². The summed E-state index contributed by atoms with van der Waals surface area (Å²) >= 11 is 6.17. The highest BCUT2D eigenvalue weighted by Crippen LogP contribution is 2.19. The molecule has 0 radical (unpaired) electrons. The quantitative estimate of drug-likeness (QED) is 0.626. The molecule has 0 saturated carbocycles. The third-order valence-electron chi connectivity index (χ3n) is 2.60. The number of hydrogen-bond acceptors (Lipinski definition) is 2. The van der Waals surface area contributed by atoms with Gasteiger partial charge in [0.1, 0.15) is 0 Å². The fraction of sp³-hybridized carbons (Fsp3) is 0.615. The molecule has 0 amide bonds. The van der Waals surface area contributed by atoms with Gasteiger partial charge in [-0.15, -0.1) is 0 Å². The zero-order valence-corrected chi connectivity index (χ0v) is 11.9. The number of nitrogens with one attached hydrogen (secondary N) is 1. The minimum absolute atomic E-state index is 0.553. The van der Waals surface area contributed by atoms with Crippen LogP contribution in [0.15, 0.2) is 12.2 Å². The van der Waals surface area contributed by atoms with E-state index in [4.69, 9.17) is 11.6 Å². The average Bonchev–Trinajstić information content (AvgIpc) is 2.48. The van der Waals surface area contributed by atoms with E-state index in [0.717, 1.165) is 35.8 Å². The smallest absolute Gasteiger partial charge is 0.0850 e. The molecule has 0 aliphatic rings. The summed E-state index contributed by atoms with van der Waals surface area (Å²) in [5.41, 5.74) is 1.98. The van der Waals surface area contributed by atoms with Crippen molar-refractivity contribution in [1.82, 2.24) is 15.1 Å². The zero-order valence-electron chi connectivity index (χ0n) is 11.1. The molecule has 1 heterocycles. The first-order valence-electron chi connectivity index (χ1n) is 6.08. The van der Waals surface area contributed by atoms with Crippen LogP contribution >= 0.6 is 11.6 Å². The summed E-state index contributed by atoms with van der Waals surface area (Å²) in [4.78, 5) is 0. The number of aromatic nitrogens is 2. The lowest BCUT2D eigenvalue weighted by Gasteiger charge is -2.04. The van der Waals surface area contributed by atoms with Crippen LogP contribution in [0.1, 0.15) is 31.7 Å². The minimum Gasteiger partial charge on any atom is -0.314 e. The second-order valence-corrected chi connectivity index (χ2v) is 4.92. The summed E-state index contributed by atoms with van der Waals surface area (Å²) in [6, 6.07) is 0.553. The number of aryl methyl sites for hydroxylation is 2. The van der Waals surface area contributed by atoms with Gasteiger partial charge in [-0.05, 0) is 19.9 Å². The number of allylic oxidation sites excluding steroid dienone is 1. The van der Waals surface area contributed by atoms with Crippen LogP contribution < -0.4 is 5.32 Å². The van der Waals surface area contributed by atoms with E-state index in [-0.39, 0.29) is 0 Å². The summed E-state index contributed by atoms with van der Waals surface area (Å²) in [6.07, 6.45) is 6.24. The summed E-state index contributed by atoms with van der Waals surface area (Å²) in [5, 5.41) is 8.45. The summed E-state index contributed by atoms with van der Waals surface area (Å²) in [5.74, 6) is 0. The Hall–Kier alpha value is -0.800. The molecule has 0 spiro atoms. The molecule has 0 unspecified atom stereocenters. The first-order chi connectivity index (χ1) is 8.02. The largest absolute Gasteiger partial charge is 0.314 e. The van der Waals surface area contributed by atoms with Gasteiger partial charge in [0.15, 0.2) is 0 Å². The van der Waals surface area contributed by atoms with Crippen molar-refractivity contribution >= 4 is 11.6 Å². The molecule has 0 aromatic carbocycles. The van der Waals surface area contributed by atoms with Crippen molar-refractivity contribution in [1.29, 1.82) is 0 Å². The monoisotopic (exact) mass is 255 g/mol. The van der Waals surface area contributed by atoms with Gasteiger partial charge in [0, 0.05) is 19.5 Å². The predicted octanol–water partition coefficient (Wildman–Crippen LogP) is 2.87. The molecule has 0 fully saturated rings. The van der Waals surface area contributed by atoms with Crippen LogP contribution in [0.3, 0.4) is 0 Å². The molecule has 0 bridgehead atoms. The summed E-state index contributed by atoms with van der Waals surface area (Å²) < 4.78 is 1.86. The Labute approximate surface area is 109 Å². The van der Waals surface area contributed by atoms with Crippen molar-refractivity contribution in [2.24, 2.45) is 7.05 Å². The van der Waals surface area contributed by atoms with E-state index in [1.807, 2.05) is 18.7 Å². The molecule has 0 saturated heterocycles. The SMILES string of the molecule is Cc1nn(C)c(CC=CCCNC(C)C)c1Cl. The van der Waals surface area contributed by atoms with Gasteiger partial charge in [0.2, 0.25) is 0 Å². The lowest BCUT2D eigenvalue weighted by Crippen LogP contribution is -2.23. The maximum atomic E-state index is 6.17. The van der Waals surface area contributed by atoms with Crippen LogP contribution in [0.25, 0.3) is 0 Å². The molecule has 17 heavy (non-hydrogen) atoms. The average molecular weight is 256 g/mol. The van der Waals surface area contributed by atoms with Gasteiger partial charge >= 0.3 is 0 Å². The predicted molar refractivity (Wildman–Crippen MR) is 73.6 cm³/mol. The molecule has 96 valence electrons. The van der Waals surface area contributed by atoms with Crippen molar-refractivity contribution in [3.05, 3.63) is 28.6 Å². The molecular weight excluding hydrogens is 234 g/mol. The Morgan fingerprint density at radius 3 is 2.65 bits per heavy atom. The molecule has 0 atom stereocenters. The van der Waals surface area contributed by atoms with Gasteiger partial charge in [-0.3, -0.25) is 4.68 Å².